The summed E-state index contributed by atoms with van der Waals surface area (Å²) in [6.45, 7) is 0.461. The van der Waals surface area contributed by atoms with Crippen LogP contribution >= 0.6 is 11.6 Å². The summed E-state index contributed by atoms with van der Waals surface area (Å²) in [4.78, 5) is 12.4. The number of fused-ring (bicyclic) bond motifs is 1. The van der Waals surface area contributed by atoms with Crippen LogP contribution in [0, 0.1) is 23.2 Å². The number of hydrogen-bond donors (Lipinski definition) is 3. The van der Waals surface area contributed by atoms with Crippen LogP contribution in [0.5, 0.6) is 5.75 Å². The van der Waals surface area contributed by atoms with Gasteiger partial charge in [-0.1, -0.05) is 11.6 Å². The number of ether oxygens (including phenoxy) is 1. The van der Waals surface area contributed by atoms with Crippen molar-refractivity contribution in [3.05, 3.63) is 34.5 Å². The van der Waals surface area contributed by atoms with E-state index in [0.717, 1.165) is 48.9 Å². The number of amides is 1. The Morgan fingerprint density at radius 3 is 2.88 bits per heavy atom. The molecule has 9 heteroatoms. The Bertz CT molecular complexity index is 1090. The van der Waals surface area contributed by atoms with Gasteiger partial charge in [-0.2, -0.15) is 10.4 Å². The van der Waals surface area contributed by atoms with Gasteiger partial charge in [-0.3, -0.25) is 14.9 Å². The average Bonchev–Trinajstić information content (AvgIpc) is 3.52. The second-order valence-electron chi connectivity index (χ2n) is 9.08. The van der Waals surface area contributed by atoms with Crippen LogP contribution < -0.4 is 21.3 Å². The van der Waals surface area contributed by atoms with E-state index in [0.29, 0.717) is 22.9 Å². The lowest BCUT2D eigenvalue weighted by molar-refractivity contribution is -0.133. The topological polar surface area (TPSA) is 118 Å². The molecule has 4 atom stereocenters. The van der Waals surface area contributed by atoms with Crippen molar-refractivity contribution in [3.63, 3.8) is 0 Å². The molecule has 1 amide bonds. The molecule has 0 spiro atoms. The summed E-state index contributed by atoms with van der Waals surface area (Å²) in [7, 11) is 1.88. The van der Waals surface area contributed by atoms with Gasteiger partial charge < -0.3 is 10.5 Å². The summed E-state index contributed by atoms with van der Waals surface area (Å²) in [6, 6.07) is 5.92. The zero-order valence-corrected chi connectivity index (χ0v) is 18.7. The Labute approximate surface area is 192 Å². The molecule has 2 aromatic rings. The first-order valence-electron chi connectivity index (χ1n) is 11.2. The summed E-state index contributed by atoms with van der Waals surface area (Å²) >= 11 is 6.45. The number of aryl methyl sites for hydroxylation is 1. The molecule has 2 saturated carbocycles. The van der Waals surface area contributed by atoms with Crippen LogP contribution in [-0.2, 0) is 11.8 Å². The zero-order chi connectivity index (χ0) is 22.4. The Kier molecular flexibility index (Phi) is 5.58. The van der Waals surface area contributed by atoms with Crippen molar-refractivity contribution in [1.29, 1.82) is 5.26 Å². The fourth-order valence-electron chi connectivity index (χ4n) is 5.28. The standard InChI is InChI=1S/C23H27ClN6O2/c1-30-22(17-7-13(24)8-21(18(17)9-25)32-14-3-4-14)19(11-27-30)12-2-5-15-16(6-12)20(10-26)28-29-23(15)31/h7-8,11-12,14-16,20,28H,2-6,10,26H2,1H3,(H,29,31). The molecule has 2 heterocycles. The minimum absolute atomic E-state index is 0.0273. The van der Waals surface area contributed by atoms with Crippen LogP contribution in [0.25, 0.3) is 11.3 Å². The zero-order valence-electron chi connectivity index (χ0n) is 18.0. The molecule has 3 aliphatic rings. The van der Waals surface area contributed by atoms with Gasteiger partial charge in [0.15, 0.2) is 0 Å². The molecule has 1 saturated heterocycles. The molecule has 3 fully saturated rings. The fourth-order valence-corrected chi connectivity index (χ4v) is 5.49. The Morgan fingerprint density at radius 2 is 2.16 bits per heavy atom. The predicted octanol–water partition coefficient (Wildman–Crippen LogP) is 2.61. The molecule has 32 heavy (non-hydrogen) atoms. The summed E-state index contributed by atoms with van der Waals surface area (Å²) in [5, 5.41) is 15.1. The largest absolute Gasteiger partial charge is 0.489 e. The first-order valence-corrected chi connectivity index (χ1v) is 11.6. The first-order chi connectivity index (χ1) is 15.5. The van der Waals surface area contributed by atoms with Crippen LogP contribution in [0.1, 0.15) is 49.1 Å². The van der Waals surface area contributed by atoms with Crippen molar-refractivity contribution in [2.45, 2.75) is 50.2 Å². The number of nitrogens with two attached hydrogens (primary N) is 1. The number of benzene rings is 1. The smallest absolute Gasteiger partial charge is 0.237 e. The van der Waals surface area contributed by atoms with Crippen molar-refractivity contribution in [3.8, 4) is 23.1 Å². The summed E-state index contributed by atoms with van der Waals surface area (Å²) in [5.74, 6) is 0.919. The van der Waals surface area contributed by atoms with Crippen molar-refractivity contribution in [2.24, 2.45) is 24.6 Å². The number of nitriles is 1. The number of nitrogens with one attached hydrogen (secondary N) is 2. The maximum Gasteiger partial charge on any atom is 0.237 e. The van der Waals surface area contributed by atoms with E-state index in [2.05, 4.69) is 22.0 Å². The number of carbonyl (C=O) groups excluding carboxylic acids is 1. The highest BCUT2D eigenvalue weighted by atomic mass is 35.5. The van der Waals surface area contributed by atoms with Gasteiger partial charge in [-0.25, -0.2) is 5.43 Å². The minimum atomic E-state index is -0.0273. The highest BCUT2D eigenvalue weighted by Gasteiger charge is 2.43. The monoisotopic (exact) mass is 454 g/mol. The molecule has 0 radical (unpaired) electrons. The van der Waals surface area contributed by atoms with Crippen LogP contribution in [0.4, 0.5) is 0 Å². The van der Waals surface area contributed by atoms with E-state index in [4.69, 9.17) is 22.1 Å². The summed E-state index contributed by atoms with van der Waals surface area (Å²) in [5.41, 5.74) is 15.0. The number of carbonyl (C=O) groups is 1. The van der Waals surface area contributed by atoms with E-state index >= 15 is 0 Å². The van der Waals surface area contributed by atoms with Gasteiger partial charge in [0, 0.05) is 47.8 Å². The number of aromatic nitrogens is 2. The number of hydrogen-bond acceptors (Lipinski definition) is 6. The number of halogens is 1. The van der Waals surface area contributed by atoms with Crippen LogP contribution in [-0.4, -0.2) is 34.4 Å². The highest BCUT2D eigenvalue weighted by molar-refractivity contribution is 6.31. The molecule has 5 rings (SSSR count). The molecule has 168 valence electrons. The van der Waals surface area contributed by atoms with E-state index in [1.165, 1.54) is 0 Å². The van der Waals surface area contributed by atoms with Gasteiger partial charge in [0.2, 0.25) is 5.91 Å². The average molecular weight is 455 g/mol. The fraction of sp³-hybridized carbons (Fsp3) is 0.522. The molecule has 1 aliphatic heterocycles. The second kappa shape index (κ2) is 8.39. The lowest BCUT2D eigenvalue weighted by Crippen LogP contribution is -2.62. The molecule has 4 N–H and O–H groups in total. The van der Waals surface area contributed by atoms with Crippen molar-refractivity contribution >= 4 is 17.5 Å². The lowest BCUT2D eigenvalue weighted by atomic mass is 9.68. The number of hydrazine groups is 1. The first kappa shape index (κ1) is 21.3. The van der Waals surface area contributed by atoms with Crippen molar-refractivity contribution in [2.75, 3.05) is 6.54 Å². The van der Waals surface area contributed by atoms with Gasteiger partial charge >= 0.3 is 0 Å². The third-order valence-corrected chi connectivity index (χ3v) is 7.26. The molecular weight excluding hydrogens is 428 g/mol. The molecule has 0 bridgehead atoms. The van der Waals surface area contributed by atoms with E-state index in [-0.39, 0.29) is 35.8 Å². The SMILES string of the molecule is Cn1ncc(C2CCC3C(=O)NNC(CN)C3C2)c1-c1cc(Cl)cc(OC2CC2)c1C#N. The van der Waals surface area contributed by atoms with Crippen molar-refractivity contribution in [1.82, 2.24) is 20.6 Å². The maximum absolute atomic E-state index is 12.4. The highest BCUT2D eigenvalue weighted by Crippen LogP contribution is 2.46. The van der Waals surface area contributed by atoms with Crippen LogP contribution in [0.15, 0.2) is 18.3 Å². The van der Waals surface area contributed by atoms with Gasteiger partial charge in [0.1, 0.15) is 17.4 Å². The third-order valence-electron chi connectivity index (χ3n) is 7.05. The Hall–Kier alpha value is -2.60. The molecule has 8 nitrogen and oxygen atoms in total. The van der Waals surface area contributed by atoms with E-state index in [1.54, 1.807) is 10.7 Å². The van der Waals surface area contributed by atoms with Gasteiger partial charge in [0.05, 0.1) is 18.0 Å². The van der Waals surface area contributed by atoms with Crippen molar-refractivity contribution < 1.29 is 9.53 Å². The number of nitrogens with zero attached hydrogens (tertiary/aromatic N) is 3. The van der Waals surface area contributed by atoms with Crippen LogP contribution in [0.2, 0.25) is 5.02 Å². The van der Waals surface area contributed by atoms with Gasteiger partial charge in [-0.15, -0.1) is 0 Å². The molecule has 1 aromatic carbocycles. The molecule has 2 aliphatic carbocycles. The lowest BCUT2D eigenvalue weighted by Gasteiger charge is -2.43. The van der Waals surface area contributed by atoms with E-state index < -0.39 is 0 Å². The third kappa shape index (κ3) is 3.75. The molecular formula is C23H27ClN6O2. The molecule has 1 aromatic heterocycles. The number of rotatable bonds is 5. The quantitative estimate of drug-likeness (QED) is 0.639. The van der Waals surface area contributed by atoms with E-state index in [9.17, 15) is 10.1 Å². The molecule has 4 unspecified atom stereocenters. The van der Waals surface area contributed by atoms with Gasteiger partial charge in [0.25, 0.3) is 0 Å². The Morgan fingerprint density at radius 1 is 1.34 bits per heavy atom. The van der Waals surface area contributed by atoms with Gasteiger partial charge in [-0.05, 0) is 50.0 Å². The normalized spacial score (nSPS) is 27.4. The summed E-state index contributed by atoms with van der Waals surface area (Å²) < 4.78 is 7.81. The summed E-state index contributed by atoms with van der Waals surface area (Å²) in [6.07, 6.45) is 6.55. The van der Waals surface area contributed by atoms with E-state index in [1.807, 2.05) is 19.3 Å². The Balaban J connectivity index is 1.53. The second-order valence-corrected chi connectivity index (χ2v) is 9.52. The maximum atomic E-state index is 12.4. The van der Waals surface area contributed by atoms with Crippen LogP contribution in [0.3, 0.4) is 0 Å². The predicted molar refractivity (Wildman–Crippen MR) is 120 cm³/mol. The minimum Gasteiger partial charge on any atom is -0.489 e.